The van der Waals surface area contributed by atoms with Crippen LogP contribution in [0.25, 0.3) is 0 Å². The summed E-state index contributed by atoms with van der Waals surface area (Å²) in [4.78, 5) is 11.1. The topological polar surface area (TPSA) is 85.1 Å². The van der Waals surface area contributed by atoms with Gasteiger partial charge in [0, 0.05) is 42.5 Å². The molecule has 1 aromatic carbocycles. The quantitative estimate of drug-likeness (QED) is 0.646. The molecule has 1 aliphatic heterocycles. The Morgan fingerprint density at radius 3 is 2.76 bits per heavy atom. The summed E-state index contributed by atoms with van der Waals surface area (Å²) in [6.45, 7) is 5.44. The molecule has 2 aliphatic carbocycles. The van der Waals surface area contributed by atoms with Crippen LogP contribution in [0.1, 0.15) is 56.6 Å². The number of nitrogens with one attached hydrogen (secondary N) is 2. The SMILES string of the molecule is CC(C)(O)C1CCN(c2cc(Nc3cc(C4CC45CC5)ccc3C=N)ncn2)C1. The molecule has 6 nitrogen and oxygen atoms in total. The number of hydrogen-bond acceptors (Lipinski definition) is 6. The van der Waals surface area contributed by atoms with Crippen molar-refractivity contribution in [2.24, 2.45) is 11.3 Å². The van der Waals surface area contributed by atoms with E-state index in [0.717, 1.165) is 42.4 Å². The van der Waals surface area contributed by atoms with Gasteiger partial charge in [0.15, 0.2) is 0 Å². The summed E-state index contributed by atoms with van der Waals surface area (Å²) >= 11 is 0. The molecule has 2 unspecified atom stereocenters. The maximum Gasteiger partial charge on any atom is 0.135 e. The van der Waals surface area contributed by atoms with Crippen LogP contribution >= 0.6 is 0 Å². The standard InChI is InChI=1S/C23H29N5O/c1-22(2,29)17-5-8-28(13-17)21-10-20(25-14-26-21)27-19-9-15(3-4-16(19)12-24)18-11-23(18)6-7-23/h3-4,9-10,12,14,17-18,24,29H,5-8,11,13H2,1-2H3,(H,25,26,27). The summed E-state index contributed by atoms with van der Waals surface area (Å²) in [5, 5.41) is 21.5. The summed E-state index contributed by atoms with van der Waals surface area (Å²) < 4.78 is 0. The second kappa shape index (κ2) is 6.52. The molecule has 1 saturated heterocycles. The van der Waals surface area contributed by atoms with Crippen molar-refractivity contribution < 1.29 is 5.11 Å². The van der Waals surface area contributed by atoms with E-state index in [1.807, 2.05) is 26.0 Å². The number of anilines is 3. The van der Waals surface area contributed by atoms with Gasteiger partial charge in [-0.25, -0.2) is 9.97 Å². The van der Waals surface area contributed by atoms with Crippen LogP contribution in [0, 0.1) is 16.7 Å². The number of rotatable bonds is 6. The largest absolute Gasteiger partial charge is 0.390 e. The molecular weight excluding hydrogens is 362 g/mol. The number of nitrogens with zero attached hydrogens (tertiary/aromatic N) is 3. The van der Waals surface area contributed by atoms with Gasteiger partial charge in [0.25, 0.3) is 0 Å². The fourth-order valence-electron chi connectivity index (χ4n) is 4.83. The molecule has 3 fully saturated rings. The first kappa shape index (κ1) is 18.6. The van der Waals surface area contributed by atoms with Crippen LogP contribution in [0.2, 0.25) is 0 Å². The van der Waals surface area contributed by atoms with Crippen molar-refractivity contribution in [2.45, 2.75) is 51.0 Å². The van der Waals surface area contributed by atoms with Crippen molar-refractivity contribution in [3.05, 3.63) is 41.7 Å². The molecule has 1 spiro atoms. The first-order chi connectivity index (χ1) is 13.9. The fourth-order valence-corrected chi connectivity index (χ4v) is 4.83. The second-order valence-corrected chi connectivity index (χ2v) is 9.58. The van der Waals surface area contributed by atoms with Crippen molar-refractivity contribution in [3.63, 3.8) is 0 Å². The lowest BCUT2D eigenvalue weighted by atomic mass is 9.90. The van der Waals surface area contributed by atoms with Crippen LogP contribution in [0.3, 0.4) is 0 Å². The van der Waals surface area contributed by atoms with E-state index in [1.54, 1.807) is 6.33 Å². The van der Waals surface area contributed by atoms with E-state index in [9.17, 15) is 5.11 Å². The minimum absolute atomic E-state index is 0.239. The number of hydrogen-bond donors (Lipinski definition) is 3. The summed E-state index contributed by atoms with van der Waals surface area (Å²) in [5.41, 5.74) is 3.10. The third-order valence-electron chi connectivity index (χ3n) is 7.14. The number of aromatic nitrogens is 2. The van der Waals surface area contributed by atoms with E-state index in [2.05, 4.69) is 32.3 Å². The van der Waals surface area contributed by atoms with Gasteiger partial charge >= 0.3 is 0 Å². The molecule has 1 aromatic heterocycles. The first-order valence-electron chi connectivity index (χ1n) is 10.6. The highest BCUT2D eigenvalue weighted by molar-refractivity contribution is 5.87. The van der Waals surface area contributed by atoms with Gasteiger partial charge in [-0.05, 0) is 62.5 Å². The van der Waals surface area contributed by atoms with E-state index >= 15 is 0 Å². The maximum absolute atomic E-state index is 10.3. The second-order valence-electron chi connectivity index (χ2n) is 9.58. The molecule has 0 radical (unpaired) electrons. The fraction of sp³-hybridized carbons (Fsp3) is 0.522. The molecule has 2 aromatic rings. The van der Waals surface area contributed by atoms with Gasteiger partial charge in [0.2, 0.25) is 0 Å². The Hall–Kier alpha value is -2.47. The van der Waals surface area contributed by atoms with Gasteiger partial charge < -0.3 is 20.7 Å². The Bertz CT molecular complexity index is 947. The highest BCUT2D eigenvalue weighted by Crippen LogP contribution is 2.75. The van der Waals surface area contributed by atoms with Crippen molar-refractivity contribution in [1.82, 2.24) is 9.97 Å². The molecule has 5 rings (SSSR count). The summed E-state index contributed by atoms with van der Waals surface area (Å²) in [7, 11) is 0. The van der Waals surface area contributed by atoms with Crippen molar-refractivity contribution in [2.75, 3.05) is 23.3 Å². The summed E-state index contributed by atoms with van der Waals surface area (Å²) in [6.07, 6.45) is 7.98. The smallest absolute Gasteiger partial charge is 0.135 e. The average Bonchev–Trinajstić information content (AvgIpc) is 3.57. The van der Waals surface area contributed by atoms with Crippen LogP contribution in [-0.4, -0.2) is 40.0 Å². The maximum atomic E-state index is 10.3. The molecule has 2 atom stereocenters. The predicted octanol–water partition coefficient (Wildman–Crippen LogP) is 4.08. The predicted molar refractivity (Wildman–Crippen MR) is 115 cm³/mol. The normalized spacial score (nSPS) is 24.6. The Balaban J connectivity index is 1.35. The van der Waals surface area contributed by atoms with Crippen LogP contribution in [0.5, 0.6) is 0 Å². The molecular formula is C23H29N5O. The zero-order valence-corrected chi connectivity index (χ0v) is 17.2. The third-order valence-corrected chi connectivity index (χ3v) is 7.14. The van der Waals surface area contributed by atoms with Gasteiger partial charge in [-0.3, -0.25) is 0 Å². The van der Waals surface area contributed by atoms with Crippen LogP contribution in [0.15, 0.2) is 30.6 Å². The van der Waals surface area contributed by atoms with Gasteiger partial charge in [-0.15, -0.1) is 0 Å². The molecule has 2 saturated carbocycles. The van der Waals surface area contributed by atoms with E-state index in [-0.39, 0.29) is 5.92 Å². The van der Waals surface area contributed by atoms with Crippen molar-refractivity contribution >= 4 is 23.5 Å². The Morgan fingerprint density at radius 2 is 2.10 bits per heavy atom. The molecule has 6 heteroatoms. The molecule has 29 heavy (non-hydrogen) atoms. The van der Waals surface area contributed by atoms with E-state index < -0.39 is 5.60 Å². The van der Waals surface area contributed by atoms with Gasteiger partial charge in [-0.2, -0.15) is 0 Å². The molecule has 2 heterocycles. The highest BCUT2D eigenvalue weighted by Gasteiger charge is 2.62. The molecule has 0 amide bonds. The monoisotopic (exact) mass is 391 g/mol. The molecule has 3 N–H and O–H groups in total. The van der Waals surface area contributed by atoms with Crippen molar-refractivity contribution in [3.8, 4) is 0 Å². The zero-order valence-electron chi connectivity index (χ0n) is 17.2. The number of aliphatic hydroxyl groups is 1. The number of benzene rings is 1. The van der Waals surface area contributed by atoms with Crippen LogP contribution in [0.4, 0.5) is 17.3 Å². The lowest BCUT2D eigenvalue weighted by Gasteiger charge is -2.26. The van der Waals surface area contributed by atoms with Gasteiger partial charge in [-0.1, -0.05) is 12.1 Å². The Kier molecular flexibility index (Phi) is 4.17. The van der Waals surface area contributed by atoms with Gasteiger partial charge in [0.1, 0.15) is 18.0 Å². The van der Waals surface area contributed by atoms with E-state index in [0.29, 0.717) is 11.3 Å². The highest BCUT2D eigenvalue weighted by atomic mass is 16.3. The Morgan fingerprint density at radius 1 is 1.28 bits per heavy atom. The third kappa shape index (κ3) is 3.50. The van der Waals surface area contributed by atoms with E-state index in [1.165, 1.54) is 31.0 Å². The van der Waals surface area contributed by atoms with Gasteiger partial charge in [0.05, 0.1) is 5.60 Å². The Labute approximate surface area is 171 Å². The average molecular weight is 392 g/mol. The van der Waals surface area contributed by atoms with E-state index in [4.69, 9.17) is 5.41 Å². The molecule has 152 valence electrons. The summed E-state index contributed by atoms with van der Waals surface area (Å²) in [6, 6.07) is 8.37. The van der Waals surface area contributed by atoms with Crippen LogP contribution in [-0.2, 0) is 0 Å². The minimum Gasteiger partial charge on any atom is -0.390 e. The first-order valence-corrected chi connectivity index (χ1v) is 10.6. The zero-order chi connectivity index (χ0) is 20.2. The van der Waals surface area contributed by atoms with Crippen LogP contribution < -0.4 is 10.2 Å². The lowest BCUT2D eigenvalue weighted by Crippen LogP contribution is -2.33. The van der Waals surface area contributed by atoms with Crippen molar-refractivity contribution in [1.29, 1.82) is 5.41 Å². The summed E-state index contributed by atoms with van der Waals surface area (Å²) in [5.74, 6) is 2.54. The molecule has 0 bridgehead atoms. The minimum atomic E-state index is -0.677. The lowest BCUT2D eigenvalue weighted by molar-refractivity contribution is 0.0263. The molecule has 3 aliphatic rings.